The van der Waals surface area contributed by atoms with Crippen LogP contribution in [0.1, 0.15) is 25.7 Å². The summed E-state index contributed by atoms with van der Waals surface area (Å²) >= 11 is 0. The average molecular weight is 124 g/mol. The molecule has 0 unspecified atom stereocenters. The first kappa shape index (κ1) is 5.45. The number of carbonyl (C=O) groups is 1. The van der Waals surface area contributed by atoms with Gasteiger partial charge in [0.1, 0.15) is 6.29 Å². The lowest BCUT2D eigenvalue weighted by Crippen LogP contribution is -2.14. The van der Waals surface area contributed by atoms with Crippen LogP contribution in [0.5, 0.6) is 0 Å². The Kier molecular flexibility index (Phi) is 1.11. The topological polar surface area (TPSA) is 17.1 Å². The van der Waals surface area contributed by atoms with E-state index in [1.807, 2.05) is 0 Å². The lowest BCUT2D eigenvalue weighted by atomic mass is 9.81. The molecule has 0 heterocycles. The molecule has 2 atom stereocenters. The first-order valence-electron chi connectivity index (χ1n) is 3.87. The highest BCUT2D eigenvalue weighted by Gasteiger charge is 2.44. The Morgan fingerprint density at radius 3 is 2.44 bits per heavy atom. The van der Waals surface area contributed by atoms with Crippen LogP contribution in [0.4, 0.5) is 0 Å². The van der Waals surface area contributed by atoms with Crippen LogP contribution >= 0.6 is 0 Å². The minimum Gasteiger partial charge on any atom is -0.303 e. The van der Waals surface area contributed by atoms with Gasteiger partial charge in [0.05, 0.1) is 0 Å². The van der Waals surface area contributed by atoms with E-state index in [0.717, 1.165) is 18.1 Å². The molecule has 0 saturated heterocycles. The second-order valence-corrected chi connectivity index (χ2v) is 3.39. The summed E-state index contributed by atoms with van der Waals surface area (Å²) in [6, 6.07) is 0. The van der Waals surface area contributed by atoms with Gasteiger partial charge in [0, 0.05) is 5.92 Å². The van der Waals surface area contributed by atoms with Crippen LogP contribution in [-0.2, 0) is 4.79 Å². The fourth-order valence-corrected chi connectivity index (χ4v) is 1.80. The second kappa shape index (κ2) is 1.83. The summed E-state index contributed by atoms with van der Waals surface area (Å²) < 4.78 is 0. The largest absolute Gasteiger partial charge is 0.303 e. The molecule has 2 saturated carbocycles. The van der Waals surface area contributed by atoms with Gasteiger partial charge < -0.3 is 4.79 Å². The van der Waals surface area contributed by atoms with Gasteiger partial charge in [-0.2, -0.15) is 0 Å². The van der Waals surface area contributed by atoms with E-state index in [1.54, 1.807) is 0 Å². The van der Waals surface area contributed by atoms with Crippen molar-refractivity contribution in [2.24, 2.45) is 17.8 Å². The van der Waals surface area contributed by atoms with E-state index in [9.17, 15) is 4.79 Å². The van der Waals surface area contributed by atoms with Crippen LogP contribution in [0.3, 0.4) is 0 Å². The molecule has 0 aromatic rings. The van der Waals surface area contributed by atoms with Crippen molar-refractivity contribution in [2.45, 2.75) is 25.7 Å². The maximum atomic E-state index is 10.2. The monoisotopic (exact) mass is 124 g/mol. The lowest BCUT2D eigenvalue weighted by molar-refractivity contribution is -0.109. The number of rotatable bonds is 2. The molecule has 9 heavy (non-hydrogen) atoms. The number of hydrogen-bond donors (Lipinski definition) is 0. The number of aldehydes is 1. The molecular weight excluding hydrogens is 112 g/mol. The zero-order chi connectivity index (χ0) is 6.27. The van der Waals surface area contributed by atoms with Gasteiger partial charge in [-0.3, -0.25) is 0 Å². The van der Waals surface area contributed by atoms with Gasteiger partial charge >= 0.3 is 0 Å². The fourth-order valence-electron chi connectivity index (χ4n) is 1.80. The maximum absolute atomic E-state index is 10.2. The third kappa shape index (κ3) is 0.790. The predicted octanol–water partition coefficient (Wildman–Crippen LogP) is 1.62. The Bertz CT molecular complexity index is 127. The first-order chi connectivity index (χ1) is 4.42. The van der Waals surface area contributed by atoms with Crippen molar-refractivity contribution in [1.82, 2.24) is 0 Å². The Labute approximate surface area is 55.4 Å². The van der Waals surface area contributed by atoms with Gasteiger partial charge in [-0.1, -0.05) is 19.3 Å². The molecule has 1 heteroatoms. The average Bonchev–Trinajstić information content (AvgIpc) is 2.42. The van der Waals surface area contributed by atoms with Crippen molar-refractivity contribution in [1.29, 1.82) is 0 Å². The Morgan fingerprint density at radius 1 is 1.33 bits per heavy atom. The molecule has 0 aromatic heterocycles. The van der Waals surface area contributed by atoms with Crippen LogP contribution < -0.4 is 0 Å². The highest BCUT2D eigenvalue weighted by atomic mass is 16.1. The molecule has 50 valence electrons. The van der Waals surface area contributed by atoms with E-state index in [2.05, 4.69) is 0 Å². The van der Waals surface area contributed by atoms with Crippen LogP contribution in [0.15, 0.2) is 0 Å². The standard InChI is InChI=1S/C8H12O/c9-5-7-4-8(7)6-2-1-3-6/h5-8H,1-4H2/t7-,8+/m1/s1. The minimum absolute atomic E-state index is 0.468. The summed E-state index contributed by atoms with van der Waals surface area (Å²) in [6.45, 7) is 0. The molecular formula is C8H12O. The SMILES string of the molecule is O=C[C@H]1C[C@H]1C1CCC1. The van der Waals surface area contributed by atoms with E-state index >= 15 is 0 Å². The van der Waals surface area contributed by atoms with Gasteiger partial charge in [-0.05, 0) is 18.3 Å². The predicted molar refractivity (Wildman–Crippen MR) is 35.0 cm³/mol. The van der Waals surface area contributed by atoms with Gasteiger partial charge in [0.15, 0.2) is 0 Å². The Morgan fingerprint density at radius 2 is 2.11 bits per heavy atom. The van der Waals surface area contributed by atoms with Crippen molar-refractivity contribution in [3.05, 3.63) is 0 Å². The fraction of sp³-hybridized carbons (Fsp3) is 0.875. The van der Waals surface area contributed by atoms with E-state index in [4.69, 9.17) is 0 Å². The van der Waals surface area contributed by atoms with Crippen LogP contribution in [-0.4, -0.2) is 6.29 Å². The minimum atomic E-state index is 0.468. The molecule has 0 aromatic carbocycles. The maximum Gasteiger partial charge on any atom is 0.123 e. The molecule has 0 spiro atoms. The molecule has 0 N–H and O–H groups in total. The number of carbonyl (C=O) groups excluding carboxylic acids is 1. The highest BCUT2D eigenvalue weighted by Crippen LogP contribution is 2.50. The molecule has 0 bridgehead atoms. The first-order valence-corrected chi connectivity index (χ1v) is 3.87. The molecule has 2 rings (SSSR count). The Hall–Kier alpha value is -0.330. The normalized spacial score (nSPS) is 41.8. The molecule has 0 amide bonds. The van der Waals surface area contributed by atoms with Crippen molar-refractivity contribution in [3.63, 3.8) is 0 Å². The number of hydrogen-bond acceptors (Lipinski definition) is 1. The summed E-state index contributed by atoms with van der Waals surface area (Å²) in [5.74, 6) is 2.23. The Balaban J connectivity index is 1.82. The van der Waals surface area contributed by atoms with Crippen molar-refractivity contribution in [2.75, 3.05) is 0 Å². The summed E-state index contributed by atoms with van der Waals surface area (Å²) in [5, 5.41) is 0. The van der Waals surface area contributed by atoms with Crippen LogP contribution in [0, 0.1) is 17.8 Å². The highest BCUT2D eigenvalue weighted by molar-refractivity contribution is 5.58. The van der Waals surface area contributed by atoms with E-state index in [0.29, 0.717) is 5.92 Å². The van der Waals surface area contributed by atoms with Crippen molar-refractivity contribution >= 4 is 6.29 Å². The molecule has 0 radical (unpaired) electrons. The van der Waals surface area contributed by atoms with Gasteiger partial charge in [0.25, 0.3) is 0 Å². The summed E-state index contributed by atoms with van der Waals surface area (Å²) in [5.41, 5.74) is 0. The van der Waals surface area contributed by atoms with E-state index in [-0.39, 0.29) is 0 Å². The van der Waals surface area contributed by atoms with E-state index in [1.165, 1.54) is 25.7 Å². The van der Waals surface area contributed by atoms with Crippen LogP contribution in [0.2, 0.25) is 0 Å². The molecule has 2 fully saturated rings. The molecule has 1 nitrogen and oxygen atoms in total. The molecule has 2 aliphatic rings. The van der Waals surface area contributed by atoms with Gasteiger partial charge in [-0.15, -0.1) is 0 Å². The summed E-state index contributed by atoms with van der Waals surface area (Å²) in [7, 11) is 0. The smallest absolute Gasteiger partial charge is 0.123 e. The summed E-state index contributed by atoms with van der Waals surface area (Å²) in [6.07, 6.45) is 6.55. The van der Waals surface area contributed by atoms with Gasteiger partial charge in [-0.25, -0.2) is 0 Å². The summed E-state index contributed by atoms with van der Waals surface area (Å²) in [4.78, 5) is 10.2. The van der Waals surface area contributed by atoms with E-state index < -0.39 is 0 Å². The van der Waals surface area contributed by atoms with Crippen molar-refractivity contribution < 1.29 is 4.79 Å². The zero-order valence-corrected chi connectivity index (χ0v) is 5.55. The lowest BCUT2D eigenvalue weighted by Gasteiger charge is -2.24. The van der Waals surface area contributed by atoms with Crippen molar-refractivity contribution in [3.8, 4) is 0 Å². The molecule has 2 aliphatic carbocycles. The zero-order valence-electron chi connectivity index (χ0n) is 5.55. The second-order valence-electron chi connectivity index (χ2n) is 3.39. The third-order valence-electron chi connectivity index (χ3n) is 2.82. The molecule has 0 aliphatic heterocycles. The third-order valence-corrected chi connectivity index (χ3v) is 2.82. The van der Waals surface area contributed by atoms with Crippen LogP contribution in [0.25, 0.3) is 0 Å². The van der Waals surface area contributed by atoms with Gasteiger partial charge in [0.2, 0.25) is 0 Å². The quantitative estimate of drug-likeness (QED) is 0.511.